The molecule has 2 N–H and O–H groups in total. The van der Waals surface area contributed by atoms with E-state index in [2.05, 4.69) is 27.3 Å². The lowest BCUT2D eigenvalue weighted by Gasteiger charge is -2.19. The van der Waals surface area contributed by atoms with Crippen molar-refractivity contribution in [2.45, 2.75) is 25.8 Å². The van der Waals surface area contributed by atoms with Gasteiger partial charge in [0.1, 0.15) is 5.82 Å². The fourth-order valence-corrected chi connectivity index (χ4v) is 1.91. The zero-order valence-electron chi connectivity index (χ0n) is 10.5. The minimum Gasteiger partial charge on any atom is -0.476 e. The fraction of sp³-hybridized carbons (Fsp3) is 0.583. The second-order valence-electron chi connectivity index (χ2n) is 4.40. The van der Waals surface area contributed by atoms with E-state index in [0.29, 0.717) is 5.82 Å². The Hall–Kier alpha value is -1.69. The summed E-state index contributed by atoms with van der Waals surface area (Å²) in [7, 11) is 0. The molecule has 0 radical (unpaired) electrons. The number of likely N-dealkylation sites (N-methyl/N-ethyl adjacent to an activating group) is 1. The zero-order chi connectivity index (χ0) is 13.0. The Morgan fingerprint density at radius 1 is 1.50 bits per heavy atom. The van der Waals surface area contributed by atoms with E-state index < -0.39 is 5.97 Å². The molecule has 0 unspecified atom stereocenters. The Morgan fingerprint density at radius 2 is 2.28 bits per heavy atom. The molecular weight excluding hydrogens is 232 g/mol. The molecule has 0 bridgehead atoms. The number of hydrogen-bond donors (Lipinski definition) is 2. The largest absolute Gasteiger partial charge is 0.476 e. The molecule has 6 nitrogen and oxygen atoms in total. The van der Waals surface area contributed by atoms with Crippen LogP contribution < -0.4 is 5.32 Å². The third-order valence-electron chi connectivity index (χ3n) is 3.06. The Balaban J connectivity index is 1.77. The maximum absolute atomic E-state index is 10.6. The number of carbonyl (C=O) groups is 1. The second-order valence-corrected chi connectivity index (χ2v) is 4.40. The first-order chi connectivity index (χ1) is 8.70. The van der Waals surface area contributed by atoms with Crippen molar-refractivity contribution >= 4 is 11.8 Å². The van der Waals surface area contributed by atoms with E-state index in [4.69, 9.17) is 5.11 Å². The summed E-state index contributed by atoms with van der Waals surface area (Å²) in [6.45, 7) is 5.00. The molecule has 1 aromatic heterocycles. The van der Waals surface area contributed by atoms with Gasteiger partial charge >= 0.3 is 5.97 Å². The van der Waals surface area contributed by atoms with E-state index >= 15 is 0 Å². The molecule has 18 heavy (non-hydrogen) atoms. The lowest BCUT2D eigenvalue weighted by molar-refractivity contribution is 0.0689. The normalized spacial score (nSPS) is 14.8. The summed E-state index contributed by atoms with van der Waals surface area (Å²) >= 11 is 0. The quantitative estimate of drug-likeness (QED) is 0.753. The fourth-order valence-electron chi connectivity index (χ4n) is 1.91. The van der Waals surface area contributed by atoms with Gasteiger partial charge in [-0.05, 0) is 31.5 Å². The maximum Gasteiger partial charge on any atom is 0.356 e. The van der Waals surface area contributed by atoms with Gasteiger partial charge in [0.05, 0.1) is 0 Å². The van der Waals surface area contributed by atoms with Crippen LogP contribution in [0.5, 0.6) is 0 Å². The molecule has 0 spiro atoms. The number of carboxylic acids is 1. The van der Waals surface area contributed by atoms with E-state index in [9.17, 15) is 4.79 Å². The predicted molar refractivity (Wildman–Crippen MR) is 67.8 cm³/mol. The standard InChI is InChI=1S/C12H18N4O2/c1-2-16(9-3-4-9)8-7-13-11-6-5-10(12(17)18)14-15-11/h5-6,9H,2-4,7-8H2,1H3,(H,13,15)(H,17,18). The van der Waals surface area contributed by atoms with Gasteiger partial charge in [0.25, 0.3) is 0 Å². The number of anilines is 1. The molecule has 0 atom stereocenters. The van der Waals surface area contributed by atoms with E-state index in [1.54, 1.807) is 6.07 Å². The molecule has 0 aromatic carbocycles. The topological polar surface area (TPSA) is 78.4 Å². The van der Waals surface area contributed by atoms with Gasteiger partial charge in [0.15, 0.2) is 5.69 Å². The van der Waals surface area contributed by atoms with Crippen molar-refractivity contribution in [3.63, 3.8) is 0 Å². The summed E-state index contributed by atoms with van der Waals surface area (Å²) in [5, 5.41) is 19.3. The summed E-state index contributed by atoms with van der Waals surface area (Å²) in [5.41, 5.74) is -0.0336. The van der Waals surface area contributed by atoms with Gasteiger partial charge in [-0.3, -0.25) is 4.90 Å². The predicted octanol–water partition coefficient (Wildman–Crippen LogP) is 1.07. The highest BCUT2D eigenvalue weighted by Gasteiger charge is 2.27. The number of aromatic carboxylic acids is 1. The van der Waals surface area contributed by atoms with Crippen LogP contribution in [0.15, 0.2) is 12.1 Å². The van der Waals surface area contributed by atoms with Gasteiger partial charge in [-0.1, -0.05) is 6.92 Å². The third kappa shape index (κ3) is 3.40. The maximum atomic E-state index is 10.6. The van der Waals surface area contributed by atoms with Crippen molar-refractivity contribution < 1.29 is 9.90 Å². The monoisotopic (exact) mass is 250 g/mol. The van der Waals surface area contributed by atoms with Crippen molar-refractivity contribution in [1.29, 1.82) is 0 Å². The first kappa shape index (κ1) is 12.8. The van der Waals surface area contributed by atoms with Crippen LogP contribution in [0.3, 0.4) is 0 Å². The molecule has 1 aromatic rings. The van der Waals surface area contributed by atoms with Crippen LogP contribution in [0.1, 0.15) is 30.3 Å². The summed E-state index contributed by atoms with van der Waals surface area (Å²) in [5.74, 6) is -0.438. The van der Waals surface area contributed by atoms with Crippen molar-refractivity contribution in [3.05, 3.63) is 17.8 Å². The molecule has 1 aliphatic carbocycles. The van der Waals surface area contributed by atoms with E-state index in [1.807, 2.05) is 0 Å². The first-order valence-corrected chi connectivity index (χ1v) is 6.25. The van der Waals surface area contributed by atoms with Crippen molar-refractivity contribution in [2.24, 2.45) is 0 Å². The SMILES string of the molecule is CCN(CCNc1ccc(C(=O)O)nn1)C1CC1. The number of aromatic nitrogens is 2. The number of rotatable bonds is 7. The zero-order valence-corrected chi connectivity index (χ0v) is 10.5. The summed E-state index contributed by atoms with van der Waals surface area (Å²) in [6.07, 6.45) is 2.61. The van der Waals surface area contributed by atoms with Crippen LogP contribution in [0.4, 0.5) is 5.82 Å². The Labute approximate surface area is 106 Å². The Bertz CT molecular complexity index is 403. The molecule has 6 heteroatoms. The smallest absolute Gasteiger partial charge is 0.356 e. The van der Waals surface area contributed by atoms with Gasteiger partial charge in [0, 0.05) is 19.1 Å². The second kappa shape index (κ2) is 5.77. The number of nitrogens with one attached hydrogen (secondary N) is 1. The van der Waals surface area contributed by atoms with Crippen LogP contribution >= 0.6 is 0 Å². The van der Waals surface area contributed by atoms with Gasteiger partial charge in [0.2, 0.25) is 0 Å². The van der Waals surface area contributed by atoms with Crippen LogP contribution in [0, 0.1) is 0 Å². The molecule has 1 saturated carbocycles. The van der Waals surface area contributed by atoms with Gasteiger partial charge in [-0.15, -0.1) is 10.2 Å². The number of hydrogen-bond acceptors (Lipinski definition) is 5. The van der Waals surface area contributed by atoms with Gasteiger partial charge in [-0.25, -0.2) is 4.79 Å². The van der Waals surface area contributed by atoms with Gasteiger partial charge in [-0.2, -0.15) is 0 Å². The average Bonchev–Trinajstić information content (AvgIpc) is 3.19. The summed E-state index contributed by atoms with van der Waals surface area (Å²) in [6, 6.07) is 3.86. The van der Waals surface area contributed by atoms with Crippen LogP contribution in [0.25, 0.3) is 0 Å². The molecule has 2 rings (SSSR count). The molecule has 0 saturated heterocycles. The molecule has 1 aliphatic rings. The van der Waals surface area contributed by atoms with E-state index in [1.165, 1.54) is 18.9 Å². The van der Waals surface area contributed by atoms with Crippen molar-refractivity contribution in [1.82, 2.24) is 15.1 Å². The molecule has 1 heterocycles. The average molecular weight is 250 g/mol. The van der Waals surface area contributed by atoms with E-state index in [0.717, 1.165) is 25.7 Å². The Kier molecular flexibility index (Phi) is 4.09. The van der Waals surface area contributed by atoms with Crippen LogP contribution in [0.2, 0.25) is 0 Å². The highest BCUT2D eigenvalue weighted by Crippen LogP contribution is 2.25. The lowest BCUT2D eigenvalue weighted by atomic mass is 10.4. The molecule has 0 amide bonds. The van der Waals surface area contributed by atoms with Crippen LogP contribution in [-0.2, 0) is 0 Å². The lowest BCUT2D eigenvalue weighted by Crippen LogP contribution is -2.31. The molecule has 98 valence electrons. The third-order valence-corrected chi connectivity index (χ3v) is 3.06. The van der Waals surface area contributed by atoms with Gasteiger partial charge < -0.3 is 10.4 Å². The van der Waals surface area contributed by atoms with E-state index in [-0.39, 0.29) is 5.69 Å². The number of carboxylic acid groups (broad SMARTS) is 1. The first-order valence-electron chi connectivity index (χ1n) is 6.25. The molecular formula is C12H18N4O2. The highest BCUT2D eigenvalue weighted by atomic mass is 16.4. The van der Waals surface area contributed by atoms with Crippen molar-refractivity contribution in [3.8, 4) is 0 Å². The van der Waals surface area contributed by atoms with Crippen LogP contribution in [-0.4, -0.2) is 51.8 Å². The molecule has 0 aliphatic heterocycles. The Morgan fingerprint density at radius 3 is 2.78 bits per heavy atom. The summed E-state index contributed by atoms with van der Waals surface area (Å²) in [4.78, 5) is 13.0. The molecule has 1 fully saturated rings. The number of nitrogens with zero attached hydrogens (tertiary/aromatic N) is 3. The highest BCUT2D eigenvalue weighted by molar-refractivity contribution is 5.85. The minimum atomic E-state index is -1.06. The van der Waals surface area contributed by atoms with Crippen molar-refractivity contribution in [2.75, 3.05) is 25.0 Å². The minimum absolute atomic E-state index is 0.0336. The summed E-state index contributed by atoms with van der Waals surface area (Å²) < 4.78 is 0.